The minimum atomic E-state index is -1.08. The van der Waals surface area contributed by atoms with E-state index < -0.39 is 17.9 Å². The molecule has 0 aliphatic heterocycles. The normalized spacial score (nSPS) is 12.2. The Morgan fingerprint density at radius 1 is 1.53 bits per heavy atom. The molecular formula is C10H17NO4. The molecule has 1 unspecified atom stereocenters. The lowest BCUT2D eigenvalue weighted by Gasteiger charge is -2.13. The van der Waals surface area contributed by atoms with Crippen molar-refractivity contribution in [2.75, 3.05) is 6.61 Å². The van der Waals surface area contributed by atoms with Gasteiger partial charge in [0.1, 0.15) is 12.6 Å². The molecule has 0 saturated carbocycles. The summed E-state index contributed by atoms with van der Waals surface area (Å²) in [6.45, 7) is 6.89. The molecule has 2 N–H and O–H groups in total. The molecule has 1 amide bonds. The monoisotopic (exact) mass is 215 g/mol. The molecule has 5 heteroatoms. The van der Waals surface area contributed by atoms with Crippen molar-refractivity contribution in [2.24, 2.45) is 0 Å². The lowest BCUT2D eigenvalue weighted by Crippen LogP contribution is -2.42. The Morgan fingerprint density at radius 3 is 2.53 bits per heavy atom. The van der Waals surface area contributed by atoms with E-state index in [1.807, 2.05) is 0 Å². The smallest absolute Gasteiger partial charge is 0.326 e. The molecule has 0 heterocycles. The Kier molecular flexibility index (Phi) is 6.37. The highest BCUT2D eigenvalue weighted by molar-refractivity contribution is 5.84. The number of ether oxygens (including phenoxy) is 1. The highest BCUT2D eigenvalue weighted by Gasteiger charge is 2.18. The van der Waals surface area contributed by atoms with Gasteiger partial charge in [-0.3, -0.25) is 4.79 Å². The number of rotatable bonds is 7. The number of carbonyl (C=O) groups excluding carboxylic acids is 1. The van der Waals surface area contributed by atoms with Crippen LogP contribution in [-0.4, -0.2) is 35.7 Å². The molecule has 0 radical (unpaired) electrons. The molecule has 0 fully saturated rings. The first kappa shape index (κ1) is 13.6. The van der Waals surface area contributed by atoms with Crippen molar-refractivity contribution in [1.82, 2.24) is 5.32 Å². The van der Waals surface area contributed by atoms with Gasteiger partial charge in [0, 0.05) is 0 Å². The first-order chi connectivity index (χ1) is 6.97. The van der Waals surface area contributed by atoms with E-state index in [9.17, 15) is 9.59 Å². The summed E-state index contributed by atoms with van der Waals surface area (Å²) in [5.41, 5.74) is 0. The minimum Gasteiger partial charge on any atom is -0.480 e. The number of aliphatic carboxylic acids is 1. The van der Waals surface area contributed by atoms with Gasteiger partial charge in [0.05, 0.1) is 6.10 Å². The number of carbonyl (C=O) groups is 2. The number of hydrogen-bond acceptors (Lipinski definition) is 3. The molecule has 0 aromatic rings. The largest absolute Gasteiger partial charge is 0.480 e. The van der Waals surface area contributed by atoms with Gasteiger partial charge in [-0.2, -0.15) is 0 Å². The topological polar surface area (TPSA) is 75.6 Å². The van der Waals surface area contributed by atoms with Crippen molar-refractivity contribution in [3.63, 3.8) is 0 Å². The molecule has 0 rings (SSSR count). The average molecular weight is 215 g/mol. The van der Waals surface area contributed by atoms with Crippen molar-refractivity contribution in [3.8, 4) is 0 Å². The summed E-state index contributed by atoms with van der Waals surface area (Å²) in [5.74, 6) is -1.51. The zero-order chi connectivity index (χ0) is 11.8. The number of hydrogen-bond donors (Lipinski definition) is 2. The minimum absolute atomic E-state index is 0.0570. The molecule has 0 saturated heterocycles. The lowest BCUT2D eigenvalue weighted by atomic mass is 10.2. The standard InChI is InChI=1S/C10H17NO4/c1-4-5-8(10(13)14)11-9(12)6-15-7(2)3/h4,7-8H,1,5-6H2,2-3H3,(H,11,12)(H,13,14). The van der Waals surface area contributed by atoms with Gasteiger partial charge in [-0.05, 0) is 20.3 Å². The molecule has 5 nitrogen and oxygen atoms in total. The third kappa shape index (κ3) is 6.68. The maximum Gasteiger partial charge on any atom is 0.326 e. The molecule has 0 aromatic carbocycles. The summed E-state index contributed by atoms with van der Waals surface area (Å²) in [4.78, 5) is 21.9. The molecule has 0 aliphatic carbocycles. The van der Waals surface area contributed by atoms with Crippen LogP contribution in [0.2, 0.25) is 0 Å². The van der Waals surface area contributed by atoms with Gasteiger partial charge in [-0.1, -0.05) is 6.08 Å². The van der Waals surface area contributed by atoms with E-state index in [2.05, 4.69) is 11.9 Å². The van der Waals surface area contributed by atoms with E-state index >= 15 is 0 Å². The Hall–Kier alpha value is -1.36. The van der Waals surface area contributed by atoms with E-state index in [0.29, 0.717) is 0 Å². The maximum atomic E-state index is 11.2. The molecule has 1 atom stereocenters. The summed E-state index contributed by atoms with van der Waals surface area (Å²) in [6.07, 6.45) is 1.59. The fourth-order valence-electron chi connectivity index (χ4n) is 0.866. The van der Waals surface area contributed by atoms with Gasteiger partial charge in [-0.15, -0.1) is 6.58 Å². The van der Waals surface area contributed by atoms with Gasteiger partial charge in [0.2, 0.25) is 5.91 Å². The fraction of sp³-hybridized carbons (Fsp3) is 0.600. The summed E-state index contributed by atoms with van der Waals surface area (Å²) in [6, 6.07) is -0.925. The molecule has 0 bridgehead atoms. The van der Waals surface area contributed by atoms with Crippen LogP contribution in [0.3, 0.4) is 0 Å². The Bertz CT molecular complexity index is 238. The van der Waals surface area contributed by atoms with Crippen molar-refractivity contribution in [3.05, 3.63) is 12.7 Å². The Labute approximate surface area is 89.1 Å². The van der Waals surface area contributed by atoms with Gasteiger partial charge >= 0.3 is 5.97 Å². The van der Waals surface area contributed by atoms with Crippen LogP contribution < -0.4 is 5.32 Å². The lowest BCUT2D eigenvalue weighted by molar-refractivity contribution is -0.142. The van der Waals surface area contributed by atoms with Crippen LogP contribution >= 0.6 is 0 Å². The van der Waals surface area contributed by atoms with Gasteiger partial charge in [0.25, 0.3) is 0 Å². The first-order valence-corrected chi connectivity index (χ1v) is 4.72. The van der Waals surface area contributed by atoms with E-state index in [4.69, 9.17) is 9.84 Å². The number of carboxylic acid groups (broad SMARTS) is 1. The summed E-state index contributed by atoms with van der Waals surface area (Å²) < 4.78 is 5.03. The highest BCUT2D eigenvalue weighted by Crippen LogP contribution is 1.94. The van der Waals surface area contributed by atoms with Crippen LogP contribution in [0.4, 0.5) is 0 Å². The molecule has 0 spiro atoms. The first-order valence-electron chi connectivity index (χ1n) is 4.72. The zero-order valence-electron chi connectivity index (χ0n) is 9.03. The van der Waals surface area contributed by atoms with Crippen LogP contribution in [-0.2, 0) is 14.3 Å². The second-order valence-electron chi connectivity index (χ2n) is 3.34. The van der Waals surface area contributed by atoms with Gasteiger partial charge < -0.3 is 15.2 Å². The molecule has 0 aliphatic rings. The second-order valence-corrected chi connectivity index (χ2v) is 3.34. The zero-order valence-corrected chi connectivity index (χ0v) is 9.03. The molecule has 15 heavy (non-hydrogen) atoms. The van der Waals surface area contributed by atoms with Crippen LogP contribution in [0.5, 0.6) is 0 Å². The van der Waals surface area contributed by atoms with Crippen LogP contribution in [0.15, 0.2) is 12.7 Å². The van der Waals surface area contributed by atoms with Gasteiger partial charge in [-0.25, -0.2) is 4.79 Å². The van der Waals surface area contributed by atoms with Crippen molar-refractivity contribution >= 4 is 11.9 Å². The van der Waals surface area contributed by atoms with Crippen LogP contribution in [0, 0.1) is 0 Å². The summed E-state index contributed by atoms with van der Waals surface area (Å²) in [5, 5.41) is 11.1. The Morgan fingerprint density at radius 2 is 2.13 bits per heavy atom. The van der Waals surface area contributed by atoms with Crippen molar-refractivity contribution in [2.45, 2.75) is 32.4 Å². The van der Waals surface area contributed by atoms with Crippen molar-refractivity contribution < 1.29 is 19.4 Å². The van der Waals surface area contributed by atoms with Gasteiger partial charge in [0.15, 0.2) is 0 Å². The number of amides is 1. The predicted octanol–water partition coefficient (Wildman–Crippen LogP) is 0.557. The third-order valence-electron chi connectivity index (χ3n) is 1.58. The maximum absolute atomic E-state index is 11.2. The predicted molar refractivity (Wildman–Crippen MR) is 55.5 cm³/mol. The summed E-state index contributed by atoms with van der Waals surface area (Å²) in [7, 11) is 0. The third-order valence-corrected chi connectivity index (χ3v) is 1.58. The Balaban J connectivity index is 3.99. The fourth-order valence-corrected chi connectivity index (χ4v) is 0.866. The number of carboxylic acids is 1. The van der Waals surface area contributed by atoms with Crippen LogP contribution in [0.25, 0.3) is 0 Å². The molecule has 86 valence electrons. The SMILES string of the molecule is C=CCC(NC(=O)COC(C)C)C(=O)O. The van der Waals surface area contributed by atoms with E-state index in [-0.39, 0.29) is 19.1 Å². The van der Waals surface area contributed by atoms with E-state index in [1.54, 1.807) is 13.8 Å². The summed E-state index contributed by atoms with van der Waals surface area (Å²) >= 11 is 0. The average Bonchev–Trinajstić information content (AvgIpc) is 2.14. The van der Waals surface area contributed by atoms with Crippen LogP contribution in [0.1, 0.15) is 20.3 Å². The quantitative estimate of drug-likeness (QED) is 0.608. The molecule has 0 aromatic heterocycles. The van der Waals surface area contributed by atoms with E-state index in [1.165, 1.54) is 6.08 Å². The highest BCUT2D eigenvalue weighted by atomic mass is 16.5. The van der Waals surface area contributed by atoms with Crippen molar-refractivity contribution in [1.29, 1.82) is 0 Å². The number of nitrogens with one attached hydrogen (secondary N) is 1. The molecular weight excluding hydrogens is 198 g/mol. The van der Waals surface area contributed by atoms with E-state index in [0.717, 1.165) is 0 Å². The second kappa shape index (κ2) is 7.00.